The molecule has 0 radical (unpaired) electrons. The van der Waals surface area contributed by atoms with E-state index in [4.69, 9.17) is 0 Å². The molecule has 0 spiro atoms. The first kappa shape index (κ1) is 41.1. The third kappa shape index (κ3) is 11.1. The highest BCUT2D eigenvalue weighted by Crippen LogP contribution is 2.40. The van der Waals surface area contributed by atoms with Crippen LogP contribution in [0.5, 0.6) is 0 Å². The summed E-state index contributed by atoms with van der Waals surface area (Å²) < 4.78 is 0. The van der Waals surface area contributed by atoms with E-state index in [2.05, 4.69) is 76.0 Å². The first-order chi connectivity index (χ1) is 23.4. The number of rotatable bonds is 17. The zero-order chi connectivity index (χ0) is 37.3. The van der Waals surface area contributed by atoms with Crippen LogP contribution in [0.2, 0.25) is 0 Å². The Hall–Kier alpha value is -3.37. The van der Waals surface area contributed by atoms with Gasteiger partial charge >= 0.3 is 0 Å². The van der Waals surface area contributed by atoms with Gasteiger partial charge in [0.2, 0.25) is 23.5 Å². The van der Waals surface area contributed by atoms with Crippen molar-refractivity contribution in [2.45, 2.75) is 150 Å². The fourth-order valence-electron chi connectivity index (χ4n) is 7.55. The second kappa shape index (κ2) is 17.7. The van der Waals surface area contributed by atoms with Crippen molar-refractivity contribution in [1.29, 1.82) is 0 Å². The summed E-state index contributed by atoms with van der Waals surface area (Å²) in [5.41, 5.74) is -0.570. The van der Waals surface area contributed by atoms with Crippen molar-refractivity contribution in [3.8, 4) is 0 Å². The van der Waals surface area contributed by atoms with Crippen LogP contribution in [0.3, 0.4) is 0 Å². The van der Waals surface area contributed by atoms with E-state index in [0.29, 0.717) is 57.6 Å². The van der Waals surface area contributed by atoms with E-state index >= 15 is 0 Å². The quantitative estimate of drug-likeness (QED) is 0.129. The summed E-state index contributed by atoms with van der Waals surface area (Å²) in [5, 5.41) is 12.4. The summed E-state index contributed by atoms with van der Waals surface area (Å²) >= 11 is 0. The number of carbonyl (C=O) groups excluding carboxylic acids is 5. The fourth-order valence-corrected chi connectivity index (χ4v) is 7.55. The number of nitrogens with one attached hydrogen (secondary N) is 4. The van der Waals surface area contributed by atoms with Crippen LogP contribution in [0, 0.1) is 16.2 Å². The minimum absolute atomic E-state index is 0.00272. The first-order valence-electron chi connectivity index (χ1n) is 19.0. The Morgan fingerprint density at radius 2 is 1.66 bits per heavy atom. The van der Waals surface area contributed by atoms with Gasteiger partial charge in [-0.05, 0) is 54.8 Å². The molecule has 0 aromatic rings. The second-order valence-electron chi connectivity index (χ2n) is 17.0. The molecule has 3 aliphatic rings. The molecule has 2 heterocycles. The Morgan fingerprint density at radius 1 is 0.980 bits per heavy atom. The largest absolute Gasteiger partial charge is 0.367 e. The lowest BCUT2D eigenvalue weighted by Crippen LogP contribution is -2.60. The number of ketones is 1. The van der Waals surface area contributed by atoms with Crippen LogP contribution >= 0.6 is 0 Å². The van der Waals surface area contributed by atoms with Crippen LogP contribution in [0.1, 0.15) is 126 Å². The molecule has 4 atom stereocenters. The van der Waals surface area contributed by atoms with E-state index in [1.165, 1.54) is 6.08 Å². The number of likely N-dealkylation sites (tertiary alicyclic amines) is 2. The predicted molar refractivity (Wildman–Crippen MR) is 198 cm³/mol. The smallest absolute Gasteiger partial charge is 0.289 e. The highest BCUT2D eigenvalue weighted by molar-refractivity contribution is 6.38. The molecule has 4 N–H and O–H groups in total. The average Bonchev–Trinajstić information content (AvgIpc) is 3.54. The number of Topliss-reactive ketones (excluding diaryl/α,β-unsaturated/α-hetero) is 1. The Balaban J connectivity index is 1.80. The monoisotopic (exact) mass is 699 g/mol. The molecule has 282 valence electrons. The Bertz CT molecular complexity index is 1250. The van der Waals surface area contributed by atoms with Gasteiger partial charge in [-0.2, -0.15) is 0 Å². The number of hydrogen-bond acceptors (Lipinski definition) is 7. The van der Waals surface area contributed by atoms with Crippen LogP contribution < -0.4 is 21.3 Å². The van der Waals surface area contributed by atoms with E-state index in [9.17, 15) is 24.0 Å². The number of carbonyl (C=O) groups is 5. The molecule has 3 rings (SSSR count). The summed E-state index contributed by atoms with van der Waals surface area (Å²) in [7, 11) is 0. The molecule has 2 saturated heterocycles. The molecule has 0 bridgehead atoms. The standard InChI is InChI=1S/C39H66N6O5/c1-10-12-17-28(32(47)35(49)40-22-11-2)43-34(48)29-18-16-23-45(29)36(50)33(39(9)19-14-13-15-20-39)42-27(3)41-30(37(4,5)6)26-44-24-21-38(7,8)25-31(44)46/h11,28-30,33,41-42H,2-3,10,12-26H2,1,4-9H3,(H,40,49)(H,43,48)/t28?,29-,30+,33+/m0/s1. The molecule has 11 heteroatoms. The van der Waals surface area contributed by atoms with Crippen molar-refractivity contribution >= 4 is 29.4 Å². The Kier molecular flexibility index (Phi) is 14.5. The van der Waals surface area contributed by atoms with E-state index in [0.717, 1.165) is 44.9 Å². The molecule has 0 aromatic heterocycles. The number of amides is 4. The Morgan fingerprint density at radius 3 is 2.26 bits per heavy atom. The van der Waals surface area contributed by atoms with Crippen LogP contribution in [0.15, 0.2) is 25.1 Å². The lowest BCUT2D eigenvalue weighted by Gasteiger charge is -2.44. The highest BCUT2D eigenvalue weighted by Gasteiger charge is 2.46. The topological polar surface area (TPSA) is 140 Å². The van der Waals surface area contributed by atoms with Gasteiger partial charge in [0.15, 0.2) is 0 Å². The van der Waals surface area contributed by atoms with E-state index in [-0.39, 0.29) is 40.6 Å². The number of nitrogens with zero attached hydrogens (tertiary/aromatic N) is 2. The summed E-state index contributed by atoms with van der Waals surface area (Å²) in [6, 6.07) is -2.46. The number of unbranched alkanes of at least 4 members (excludes halogenated alkanes) is 1. The minimum Gasteiger partial charge on any atom is -0.367 e. The van der Waals surface area contributed by atoms with Crippen LogP contribution in [0.25, 0.3) is 0 Å². The molecule has 0 aromatic carbocycles. The van der Waals surface area contributed by atoms with Crippen LogP contribution in [0.4, 0.5) is 0 Å². The lowest BCUT2D eigenvalue weighted by atomic mass is 9.70. The molecule has 1 unspecified atom stereocenters. The van der Waals surface area contributed by atoms with E-state index in [1.54, 1.807) is 4.90 Å². The summed E-state index contributed by atoms with van der Waals surface area (Å²) in [6.45, 7) is 24.6. The van der Waals surface area contributed by atoms with Crippen molar-refractivity contribution < 1.29 is 24.0 Å². The van der Waals surface area contributed by atoms with Crippen LogP contribution in [-0.2, 0) is 24.0 Å². The summed E-state index contributed by atoms with van der Waals surface area (Å²) in [4.78, 5) is 70.7. The van der Waals surface area contributed by atoms with E-state index in [1.807, 2.05) is 11.8 Å². The van der Waals surface area contributed by atoms with Gasteiger partial charge in [-0.15, -0.1) is 6.58 Å². The van der Waals surface area contributed by atoms with Crippen molar-refractivity contribution in [2.75, 3.05) is 26.2 Å². The maximum Gasteiger partial charge on any atom is 0.289 e. The van der Waals surface area contributed by atoms with Crippen molar-refractivity contribution in [2.24, 2.45) is 16.2 Å². The SMILES string of the molecule is C=CCNC(=O)C(=O)C(CCCC)NC(=O)[C@@H]1CCCN1C(=O)[C@@H](NC(=C)N[C@H](CN1CCC(C)(C)CC1=O)C(C)(C)C)C1(C)CCCCC1. The second-order valence-corrected chi connectivity index (χ2v) is 17.0. The third-order valence-electron chi connectivity index (χ3n) is 11.0. The van der Waals surface area contributed by atoms with Crippen LogP contribution in [-0.4, -0.2) is 89.6 Å². The van der Waals surface area contributed by atoms with Crippen molar-refractivity contribution in [1.82, 2.24) is 31.1 Å². The van der Waals surface area contributed by atoms with Crippen molar-refractivity contribution in [3.05, 3.63) is 25.1 Å². The third-order valence-corrected chi connectivity index (χ3v) is 11.0. The highest BCUT2D eigenvalue weighted by atomic mass is 16.2. The zero-order valence-corrected chi connectivity index (χ0v) is 32.1. The van der Waals surface area contributed by atoms with Gasteiger partial charge in [0.05, 0.1) is 11.9 Å². The molecule has 4 amide bonds. The normalized spacial score (nSPS) is 22.1. The molecular weight excluding hydrogens is 632 g/mol. The zero-order valence-electron chi connectivity index (χ0n) is 32.1. The molecule has 11 nitrogen and oxygen atoms in total. The first-order valence-corrected chi connectivity index (χ1v) is 19.0. The van der Waals surface area contributed by atoms with Crippen molar-refractivity contribution in [3.63, 3.8) is 0 Å². The predicted octanol–water partition coefficient (Wildman–Crippen LogP) is 4.58. The molecule has 1 aliphatic carbocycles. The number of hydrogen-bond donors (Lipinski definition) is 4. The maximum absolute atomic E-state index is 14.6. The van der Waals surface area contributed by atoms with Gasteiger partial charge in [0, 0.05) is 38.6 Å². The summed E-state index contributed by atoms with van der Waals surface area (Å²) in [5.74, 6) is -1.33. The summed E-state index contributed by atoms with van der Waals surface area (Å²) in [6.07, 6.45) is 10.8. The molecule has 1 saturated carbocycles. The fraction of sp³-hybridized carbons (Fsp3) is 0.769. The number of piperidine rings is 1. The average molecular weight is 699 g/mol. The van der Waals surface area contributed by atoms with Gasteiger partial charge in [-0.1, -0.05) is 93.2 Å². The molecule has 3 fully saturated rings. The minimum atomic E-state index is -0.967. The van der Waals surface area contributed by atoms with Gasteiger partial charge in [0.25, 0.3) is 5.91 Å². The van der Waals surface area contributed by atoms with Gasteiger partial charge in [-0.25, -0.2) is 0 Å². The van der Waals surface area contributed by atoms with Gasteiger partial charge in [-0.3, -0.25) is 24.0 Å². The van der Waals surface area contributed by atoms with E-state index < -0.39 is 35.7 Å². The Labute approximate surface area is 301 Å². The maximum atomic E-state index is 14.6. The molecule has 2 aliphatic heterocycles. The van der Waals surface area contributed by atoms with Gasteiger partial charge in [0.1, 0.15) is 12.1 Å². The molecule has 50 heavy (non-hydrogen) atoms. The lowest BCUT2D eigenvalue weighted by molar-refractivity contribution is -0.144. The van der Waals surface area contributed by atoms with Gasteiger partial charge < -0.3 is 31.1 Å². The molecular formula is C39H66N6O5.